The average molecular weight is 571 g/mol. The summed E-state index contributed by atoms with van der Waals surface area (Å²) in [5.74, 6) is -3.22. The molecule has 0 saturated carbocycles. The van der Waals surface area contributed by atoms with E-state index in [1.807, 2.05) is 60.0 Å². The summed E-state index contributed by atoms with van der Waals surface area (Å²) in [5.41, 5.74) is -0.0241. The van der Waals surface area contributed by atoms with Gasteiger partial charge in [0, 0.05) is 27.1 Å². The highest BCUT2D eigenvalue weighted by Crippen LogP contribution is 2.52. The Morgan fingerprint density at radius 3 is 2.27 bits per heavy atom. The second kappa shape index (κ2) is 11.5. The molecule has 202 valence electrons. The summed E-state index contributed by atoms with van der Waals surface area (Å²) in [5, 5.41) is 15.9. The number of carbonyl (C=O) groups excluding carboxylic acids is 2. The first-order valence-corrected chi connectivity index (χ1v) is 14.0. The molecular weight excluding hydrogens is 544 g/mol. The molecule has 1 aliphatic heterocycles. The Morgan fingerprint density at radius 2 is 1.65 bits per heavy atom. The summed E-state index contributed by atoms with van der Waals surface area (Å²) in [6.07, 6.45) is 3.59. The third-order valence-electron chi connectivity index (χ3n) is 7.36. The number of benzene rings is 3. The molecule has 0 spiro atoms. The molecule has 2 heterocycles. The first-order chi connectivity index (χ1) is 19.3. The fourth-order valence-electron chi connectivity index (χ4n) is 5.50. The van der Waals surface area contributed by atoms with Gasteiger partial charge in [0.25, 0.3) is 0 Å². The van der Waals surface area contributed by atoms with E-state index in [-0.39, 0.29) is 5.78 Å². The van der Waals surface area contributed by atoms with Gasteiger partial charge in [-0.15, -0.1) is 11.3 Å². The van der Waals surface area contributed by atoms with Gasteiger partial charge < -0.3 is 15.3 Å². The molecule has 1 saturated heterocycles. The van der Waals surface area contributed by atoms with Crippen LogP contribution in [-0.4, -0.2) is 39.4 Å². The average Bonchev–Trinajstić information content (AvgIpc) is 3.57. The monoisotopic (exact) mass is 570 g/mol. The minimum atomic E-state index is -1.76. The van der Waals surface area contributed by atoms with Gasteiger partial charge in [-0.25, -0.2) is 9.59 Å². The largest absolute Gasteiger partial charge is 0.479 e. The van der Waals surface area contributed by atoms with Crippen LogP contribution in [0, 0.1) is 5.92 Å². The second-order valence-electron chi connectivity index (χ2n) is 9.77. The molecule has 8 heteroatoms. The normalized spacial score (nSPS) is 22.4. The highest BCUT2D eigenvalue weighted by molar-refractivity contribution is 7.10. The van der Waals surface area contributed by atoms with Gasteiger partial charge >= 0.3 is 12.0 Å². The Hall–Kier alpha value is -4.20. The number of para-hydroxylation sites is 1. The molecule has 4 aromatic rings. The highest BCUT2D eigenvalue weighted by atomic mass is 35.5. The highest BCUT2D eigenvalue weighted by Gasteiger charge is 2.64. The van der Waals surface area contributed by atoms with Crippen LogP contribution in [0.15, 0.2) is 109 Å². The van der Waals surface area contributed by atoms with Crippen LogP contribution in [0.2, 0.25) is 5.02 Å². The standard InChI is InChI=1S/C32H27ClN2O4S/c1-32(30(37)38)28(26-16-9-19-40-26)27(29(36)22-12-8-13-23(33)20-22)25(18-17-21-10-4-2-5-11-21)35(32)31(39)34-24-14-6-3-7-15-24/h2-20,25,27-28H,1H3,(H,34,39)(H,37,38). The Kier molecular flexibility index (Phi) is 7.87. The Balaban J connectivity index is 1.71. The number of likely N-dealkylation sites (tertiary alicyclic amines) is 1. The number of thiophene rings is 1. The zero-order chi connectivity index (χ0) is 28.3. The predicted molar refractivity (Wildman–Crippen MR) is 159 cm³/mol. The molecule has 1 aromatic heterocycles. The summed E-state index contributed by atoms with van der Waals surface area (Å²) in [6.45, 7) is 1.53. The van der Waals surface area contributed by atoms with Gasteiger partial charge in [0.1, 0.15) is 5.54 Å². The van der Waals surface area contributed by atoms with Crippen LogP contribution in [0.5, 0.6) is 0 Å². The van der Waals surface area contributed by atoms with E-state index in [4.69, 9.17) is 11.6 Å². The van der Waals surface area contributed by atoms with Crippen LogP contribution in [0.3, 0.4) is 0 Å². The zero-order valence-electron chi connectivity index (χ0n) is 21.6. The maximum absolute atomic E-state index is 14.3. The number of hydrogen-bond donors (Lipinski definition) is 2. The molecule has 4 atom stereocenters. The molecule has 0 bridgehead atoms. The van der Waals surface area contributed by atoms with Crippen LogP contribution >= 0.6 is 22.9 Å². The fourth-order valence-corrected chi connectivity index (χ4v) is 6.68. The van der Waals surface area contributed by atoms with Gasteiger partial charge in [0.2, 0.25) is 0 Å². The van der Waals surface area contributed by atoms with Crippen molar-refractivity contribution >= 4 is 52.5 Å². The quantitative estimate of drug-likeness (QED) is 0.226. The molecule has 5 rings (SSSR count). The number of nitrogens with one attached hydrogen (secondary N) is 1. The maximum atomic E-state index is 14.3. The molecule has 0 aliphatic carbocycles. The van der Waals surface area contributed by atoms with Crippen LogP contribution in [-0.2, 0) is 4.79 Å². The van der Waals surface area contributed by atoms with Crippen LogP contribution in [0.25, 0.3) is 6.08 Å². The summed E-state index contributed by atoms with van der Waals surface area (Å²) >= 11 is 7.62. The van der Waals surface area contributed by atoms with Crippen LogP contribution in [0.4, 0.5) is 10.5 Å². The topological polar surface area (TPSA) is 86.7 Å². The molecule has 2 N–H and O–H groups in total. The number of carbonyl (C=O) groups is 3. The van der Waals surface area contributed by atoms with Gasteiger partial charge in [-0.1, -0.05) is 90.5 Å². The van der Waals surface area contributed by atoms with E-state index in [2.05, 4.69) is 5.32 Å². The molecule has 2 amide bonds. The lowest BCUT2D eigenvalue weighted by atomic mass is 9.75. The predicted octanol–water partition coefficient (Wildman–Crippen LogP) is 7.46. The third-order valence-corrected chi connectivity index (χ3v) is 8.55. The van der Waals surface area contributed by atoms with Crippen molar-refractivity contribution in [3.8, 4) is 0 Å². The van der Waals surface area contributed by atoms with Crippen molar-refractivity contribution in [3.63, 3.8) is 0 Å². The van der Waals surface area contributed by atoms with Crippen molar-refractivity contribution in [2.24, 2.45) is 5.92 Å². The summed E-state index contributed by atoms with van der Waals surface area (Å²) in [6, 6.07) is 27.1. The van der Waals surface area contributed by atoms with Crippen molar-refractivity contribution in [1.29, 1.82) is 0 Å². The number of carboxylic acid groups (broad SMARTS) is 1. The van der Waals surface area contributed by atoms with Crippen molar-refractivity contribution in [1.82, 2.24) is 4.90 Å². The van der Waals surface area contributed by atoms with Gasteiger partial charge in [0.05, 0.1) is 12.0 Å². The first-order valence-electron chi connectivity index (χ1n) is 12.8. The lowest BCUT2D eigenvalue weighted by Crippen LogP contribution is -2.56. The van der Waals surface area contributed by atoms with Crippen molar-refractivity contribution in [2.75, 3.05) is 5.32 Å². The smallest absolute Gasteiger partial charge is 0.330 e. The number of rotatable bonds is 7. The molecular formula is C32H27ClN2O4S. The Morgan fingerprint density at radius 1 is 0.950 bits per heavy atom. The Bertz CT molecular complexity index is 1540. The number of Topliss-reactive ketones (excluding diaryl/α,β-unsaturated/α-hetero) is 1. The second-order valence-corrected chi connectivity index (χ2v) is 11.2. The van der Waals surface area contributed by atoms with Crippen LogP contribution in [0.1, 0.15) is 33.6 Å². The number of hydrogen-bond acceptors (Lipinski definition) is 4. The number of amides is 2. The van der Waals surface area contributed by atoms with E-state index >= 15 is 0 Å². The molecule has 6 nitrogen and oxygen atoms in total. The number of anilines is 1. The van der Waals surface area contributed by atoms with Gasteiger partial charge in [-0.3, -0.25) is 4.79 Å². The van der Waals surface area contributed by atoms with E-state index in [0.717, 1.165) is 5.56 Å². The third kappa shape index (κ3) is 5.18. The van der Waals surface area contributed by atoms with E-state index in [9.17, 15) is 19.5 Å². The van der Waals surface area contributed by atoms with Crippen molar-refractivity contribution in [3.05, 3.63) is 130 Å². The molecule has 40 heavy (non-hydrogen) atoms. The number of nitrogens with zero attached hydrogens (tertiary/aromatic N) is 1. The number of ketones is 1. The lowest BCUT2D eigenvalue weighted by molar-refractivity contribution is -0.148. The minimum Gasteiger partial charge on any atom is -0.479 e. The summed E-state index contributed by atoms with van der Waals surface area (Å²) < 4.78 is 0. The lowest BCUT2D eigenvalue weighted by Gasteiger charge is -2.36. The van der Waals surface area contributed by atoms with Crippen molar-refractivity contribution < 1.29 is 19.5 Å². The maximum Gasteiger partial charge on any atom is 0.330 e. The Labute approximate surface area is 241 Å². The molecule has 1 fully saturated rings. The van der Waals surface area contributed by atoms with Crippen molar-refractivity contribution in [2.45, 2.75) is 24.4 Å². The van der Waals surface area contributed by atoms with E-state index < -0.39 is 35.4 Å². The van der Waals surface area contributed by atoms with Gasteiger partial charge in [-0.05, 0) is 48.2 Å². The van der Waals surface area contributed by atoms with E-state index in [0.29, 0.717) is 21.2 Å². The van der Waals surface area contributed by atoms with E-state index in [1.54, 1.807) is 54.6 Å². The molecule has 1 aliphatic rings. The first kappa shape index (κ1) is 27.4. The number of aliphatic carboxylic acids is 1. The van der Waals surface area contributed by atoms with E-state index in [1.165, 1.54) is 23.2 Å². The molecule has 3 aromatic carbocycles. The van der Waals surface area contributed by atoms with Gasteiger partial charge in [-0.2, -0.15) is 0 Å². The summed E-state index contributed by atoms with van der Waals surface area (Å²) in [7, 11) is 0. The summed E-state index contributed by atoms with van der Waals surface area (Å²) in [4.78, 5) is 43.6. The molecule has 0 radical (unpaired) electrons. The fraction of sp³-hybridized carbons (Fsp3) is 0.156. The number of halogens is 1. The SMILES string of the molecule is CC1(C(=O)O)C(c2cccs2)C(C(=O)c2cccc(Cl)c2)C(C=Cc2ccccc2)N1C(=O)Nc1ccccc1. The molecule has 4 unspecified atom stereocenters. The number of urea groups is 1. The minimum absolute atomic E-state index is 0.286. The number of carboxylic acids is 1. The van der Waals surface area contributed by atoms with Crippen LogP contribution < -0.4 is 5.32 Å². The van der Waals surface area contributed by atoms with Gasteiger partial charge in [0.15, 0.2) is 5.78 Å². The zero-order valence-corrected chi connectivity index (χ0v) is 23.2.